The van der Waals surface area contributed by atoms with Crippen LogP contribution in [0.4, 0.5) is 0 Å². The van der Waals surface area contributed by atoms with E-state index in [1.165, 1.54) is 5.56 Å². The average Bonchev–Trinajstić information content (AvgIpc) is 3.08. The molecule has 5 nitrogen and oxygen atoms in total. The SMILES string of the molecule is Cc1ccc(C(=O)NCc2ccccc2CN2CCC[C@@H]2CO)cn1. The smallest absolute Gasteiger partial charge is 0.253 e. The van der Waals surface area contributed by atoms with Gasteiger partial charge < -0.3 is 10.4 Å². The number of hydrogen-bond donors (Lipinski definition) is 2. The van der Waals surface area contributed by atoms with Gasteiger partial charge in [0.25, 0.3) is 5.91 Å². The van der Waals surface area contributed by atoms with Crippen molar-refractivity contribution in [3.8, 4) is 0 Å². The van der Waals surface area contributed by atoms with Crippen molar-refractivity contribution in [2.24, 2.45) is 0 Å². The van der Waals surface area contributed by atoms with Crippen LogP contribution in [-0.4, -0.2) is 40.1 Å². The number of rotatable bonds is 6. The maximum Gasteiger partial charge on any atom is 0.253 e. The molecule has 2 N–H and O–H groups in total. The van der Waals surface area contributed by atoms with Gasteiger partial charge >= 0.3 is 0 Å². The summed E-state index contributed by atoms with van der Waals surface area (Å²) in [6.45, 7) is 4.42. The Kier molecular flexibility index (Phi) is 5.79. The lowest BCUT2D eigenvalue weighted by atomic mass is 10.1. The zero-order chi connectivity index (χ0) is 17.6. The molecule has 0 saturated carbocycles. The highest BCUT2D eigenvalue weighted by Crippen LogP contribution is 2.21. The number of pyridine rings is 1. The lowest BCUT2D eigenvalue weighted by Crippen LogP contribution is -2.32. The molecule has 0 aliphatic carbocycles. The molecule has 1 atom stereocenters. The van der Waals surface area contributed by atoms with Crippen molar-refractivity contribution in [2.45, 2.75) is 38.9 Å². The summed E-state index contributed by atoms with van der Waals surface area (Å²) in [7, 11) is 0. The standard InChI is InChI=1S/C20H25N3O2/c1-15-8-9-17(12-21-15)20(25)22-11-16-5-2-3-6-18(16)13-23-10-4-7-19(23)14-24/h2-3,5-6,8-9,12,19,24H,4,7,10-11,13-14H2,1H3,(H,22,25)/t19-/m1/s1. The Morgan fingerprint density at radius 3 is 2.80 bits per heavy atom. The molecule has 0 bridgehead atoms. The van der Waals surface area contributed by atoms with Gasteiger partial charge in [0, 0.05) is 31.0 Å². The van der Waals surface area contributed by atoms with E-state index in [0.717, 1.165) is 37.2 Å². The van der Waals surface area contributed by atoms with Crippen LogP contribution < -0.4 is 5.32 Å². The normalized spacial score (nSPS) is 17.6. The van der Waals surface area contributed by atoms with E-state index < -0.39 is 0 Å². The quantitative estimate of drug-likeness (QED) is 0.847. The number of aromatic nitrogens is 1. The highest BCUT2D eigenvalue weighted by atomic mass is 16.3. The molecule has 0 radical (unpaired) electrons. The van der Waals surface area contributed by atoms with Gasteiger partial charge in [0.05, 0.1) is 12.2 Å². The maximum absolute atomic E-state index is 12.3. The summed E-state index contributed by atoms with van der Waals surface area (Å²) in [5, 5.41) is 12.5. The van der Waals surface area contributed by atoms with Crippen LogP contribution in [0.3, 0.4) is 0 Å². The van der Waals surface area contributed by atoms with Gasteiger partial charge in [-0.15, -0.1) is 0 Å². The number of carbonyl (C=O) groups is 1. The number of hydrogen-bond acceptors (Lipinski definition) is 4. The van der Waals surface area contributed by atoms with E-state index in [0.29, 0.717) is 12.1 Å². The first-order valence-corrected chi connectivity index (χ1v) is 8.80. The Hall–Kier alpha value is -2.24. The lowest BCUT2D eigenvalue weighted by molar-refractivity contribution is 0.0950. The fourth-order valence-electron chi connectivity index (χ4n) is 3.29. The first-order valence-electron chi connectivity index (χ1n) is 8.80. The van der Waals surface area contributed by atoms with Gasteiger partial charge in [0.2, 0.25) is 0 Å². The number of aryl methyl sites for hydroxylation is 1. The minimum Gasteiger partial charge on any atom is -0.395 e. The van der Waals surface area contributed by atoms with Crippen molar-refractivity contribution < 1.29 is 9.90 Å². The van der Waals surface area contributed by atoms with Crippen molar-refractivity contribution in [2.75, 3.05) is 13.2 Å². The molecule has 132 valence electrons. The molecule has 1 aromatic carbocycles. The molecule has 0 spiro atoms. The molecule has 1 aromatic heterocycles. The molecule has 5 heteroatoms. The van der Waals surface area contributed by atoms with Crippen molar-refractivity contribution in [1.82, 2.24) is 15.2 Å². The molecule has 3 rings (SSSR count). The van der Waals surface area contributed by atoms with E-state index >= 15 is 0 Å². The van der Waals surface area contributed by atoms with Crippen LogP contribution in [-0.2, 0) is 13.1 Å². The summed E-state index contributed by atoms with van der Waals surface area (Å²) in [5.41, 5.74) is 3.78. The molecular weight excluding hydrogens is 314 g/mol. The van der Waals surface area contributed by atoms with Crippen molar-refractivity contribution in [1.29, 1.82) is 0 Å². The molecular formula is C20H25N3O2. The summed E-state index contributed by atoms with van der Waals surface area (Å²) >= 11 is 0. The number of aliphatic hydroxyl groups excluding tert-OH is 1. The van der Waals surface area contributed by atoms with Gasteiger partial charge in [-0.2, -0.15) is 0 Å². The molecule has 1 aliphatic rings. The Labute approximate surface area is 148 Å². The molecule has 25 heavy (non-hydrogen) atoms. The predicted molar refractivity (Wildman–Crippen MR) is 97.1 cm³/mol. The predicted octanol–water partition coefficient (Wildman–Crippen LogP) is 2.28. The molecule has 2 heterocycles. The zero-order valence-corrected chi connectivity index (χ0v) is 14.6. The van der Waals surface area contributed by atoms with Crippen LogP contribution >= 0.6 is 0 Å². The second-order valence-electron chi connectivity index (χ2n) is 6.59. The summed E-state index contributed by atoms with van der Waals surface area (Å²) in [6.07, 6.45) is 3.78. The number of amides is 1. The van der Waals surface area contributed by atoms with Crippen molar-refractivity contribution >= 4 is 5.91 Å². The third kappa shape index (κ3) is 4.44. The average molecular weight is 339 g/mol. The van der Waals surface area contributed by atoms with E-state index in [1.807, 2.05) is 31.2 Å². The Balaban J connectivity index is 1.64. The first-order chi connectivity index (χ1) is 12.2. The monoisotopic (exact) mass is 339 g/mol. The summed E-state index contributed by atoms with van der Waals surface area (Å²) in [5.74, 6) is -0.114. The molecule has 1 aliphatic heterocycles. The van der Waals surface area contributed by atoms with E-state index in [4.69, 9.17) is 0 Å². The Morgan fingerprint density at radius 1 is 1.28 bits per heavy atom. The van der Waals surface area contributed by atoms with Crippen molar-refractivity contribution in [3.63, 3.8) is 0 Å². The minimum atomic E-state index is -0.114. The van der Waals surface area contributed by atoms with Crippen LogP contribution in [0.2, 0.25) is 0 Å². The highest BCUT2D eigenvalue weighted by Gasteiger charge is 2.24. The van der Waals surface area contributed by atoms with E-state index in [1.54, 1.807) is 12.3 Å². The van der Waals surface area contributed by atoms with Gasteiger partial charge in [-0.05, 0) is 49.6 Å². The Bertz CT molecular complexity index is 715. The Morgan fingerprint density at radius 2 is 2.08 bits per heavy atom. The summed E-state index contributed by atoms with van der Waals surface area (Å²) < 4.78 is 0. The zero-order valence-electron chi connectivity index (χ0n) is 14.6. The topological polar surface area (TPSA) is 65.5 Å². The van der Waals surface area contributed by atoms with Gasteiger partial charge in [0.15, 0.2) is 0 Å². The van der Waals surface area contributed by atoms with Gasteiger partial charge in [-0.3, -0.25) is 14.7 Å². The number of nitrogens with zero attached hydrogens (tertiary/aromatic N) is 2. The van der Waals surface area contributed by atoms with Gasteiger partial charge in [-0.25, -0.2) is 0 Å². The second kappa shape index (κ2) is 8.23. The van der Waals surface area contributed by atoms with E-state index in [-0.39, 0.29) is 18.6 Å². The molecule has 2 aromatic rings. The lowest BCUT2D eigenvalue weighted by Gasteiger charge is -2.24. The van der Waals surface area contributed by atoms with Crippen LogP contribution in [0.15, 0.2) is 42.6 Å². The number of nitrogens with one attached hydrogen (secondary N) is 1. The number of likely N-dealkylation sites (tertiary alicyclic amines) is 1. The van der Waals surface area contributed by atoms with E-state index in [2.05, 4.69) is 21.3 Å². The number of aliphatic hydroxyl groups is 1. The number of benzene rings is 1. The largest absolute Gasteiger partial charge is 0.395 e. The van der Waals surface area contributed by atoms with Crippen LogP contribution in [0.1, 0.15) is 40.0 Å². The molecule has 1 amide bonds. The van der Waals surface area contributed by atoms with Gasteiger partial charge in [-0.1, -0.05) is 24.3 Å². The van der Waals surface area contributed by atoms with Crippen molar-refractivity contribution in [3.05, 3.63) is 65.0 Å². The maximum atomic E-state index is 12.3. The van der Waals surface area contributed by atoms with Crippen LogP contribution in [0.5, 0.6) is 0 Å². The van der Waals surface area contributed by atoms with E-state index in [9.17, 15) is 9.90 Å². The fourth-order valence-corrected chi connectivity index (χ4v) is 3.29. The summed E-state index contributed by atoms with van der Waals surface area (Å²) in [6, 6.07) is 12.0. The third-order valence-electron chi connectivity index (χ3n) is 4.81. The molecule has 0 unspecified atom stereocenters. The molecule has 1 saturated heterocycles. The first kappa shape index (κ1) is 17.6. The third-order valence-corrected chi connectivity index (χ3v) is 4.81. The summed E-state index contributed by atoms with van der Waals surface area (Å²) in [4.78, 5) is 18.8. The van der Waals surface area contributed by atoms with Crippen LogP contribution in [0.25, 0.3) is 0 Å². The highest BCUT2D eigenvalue weighted by molar-refractivity contribution is 5.93. The number of carbonyl (C=O) groups excluding carboxylic acids is 1. The van der Waals surface area contributed by atoms with Crippen LogP contribution in [0, 0.1) is 6.92 Å². The molecule has 1 fully saturated rings. The minimum absolute atomic E-state index is 0.114. The fraction of sp³-hybridized carbons (Fsp3) is 0.400. The van der Waals surface area contributed by atoms with Gasteiger partial charge in [0.1, 0.15) is 0 Å². The second-order valence-corrected chi connectivity index (χ2v) is 6.59.